The molecule has 5 rings (SSSR count). The number of rotatable bonds is 8. The SMILES string of the molecule is Cc1c(N2CCN(Cc3cccc(F)c3F)CC2)c(=O)n(C[C@@H](N)c2ccccc2)c(=O)n1Cc1c(F)cccc1C(F)(F)F. The molecule has 13 heteroatoms. The molecule has 0 aliphatic carbocycles. The summed E-state index contributed by atoms with van der Waals surface area (Å²) >= 11 is 0. The van der Waals surface area contributed by atoms with E-state index in [-0.39, 0.29) is 43.1 Å². The number of piperazine rings is 1. The van der Waals surface area contributed by atoms with Crippen LogP contribution in [0.5, 0.6) is 0 Å². The molecule has 1 atom stereocenters. The van der Waals surface area contributed by atoms with Gasteiger partial charge in [0, 0.05) is 55.6 Å². The monoisotopic (exact) mass is 631 g/mol. The number of halogens is 6. The zero-order chi connectivity index (χ0) is 32.5. The molecule has 1 aliphatic heterocycles. The fourth-order valence-corrected chi connectivity index (χ4v) is 5.68. The highest BCUT2D eigenvalue weighted by molar-refractivity contribution is 5.50. The minimum atomic E-state index is -4.89. The Morgan fingerprint density at radius 3 is 2.11 bits per heavy atom. The summed E-state index contributed by atoms with van der Waals surface area (Å²) in [6, 6.07) is 14.4. The molecule has 0 unspecified atom stereocenters. The van der Waals surface area contributed by atoms with E-state index in [9.17, 15) is 35.9 Å². The summed E-state index contributed by atoms with van der Waals surface area (Å²) in [6.07, 6.45) is -4.89. The predicted molar refractivity (Wildman–Crippen MR) is 157 cm³/mol. The molecule has 2 heterocycles. The first-order valence-electron chi connectivity index (χ1n) is 14.3. The normalized spacial score (nSPS) is 15.0. The Morgan fingerprint density at radius 1 is 0.800 bits per heavy atom. The Labute approximate surface area is 254 Å². The maximum atomic E-state index is 14.9. The van der Waals surface area contributed by atoms with Gasteiger partial charge < -0.3 is 10.6 Å². The van der Waals surface area contributed by atoms with Crippen LogP contribution >= 0.6 is 0 Å². The molecule has 238 valence electrons. The molecular weight excluding hydrogens is 600 g/mol. The lowest BCUT2D eigenvalue weighted by molar-refractivity contribution is -0.138. The first kappa shape index (κ1) is 32.0. The number of hydrogen-bond acceptors (Lipinski definition) is 5. The second kappa shape index (κ2) is 12.9. The molecule has 0 bridgehead atoms. The van der Waals surface area contributed by atoms with Gasteiger partial charge in [-0.15, -0.1) is 0 Å². The average molecular weight is 632 g/mol. The maximum Gasteiger partial charge on any atom is 0.416 e. The number of alkyl halides is 3. The van der Waals surface area contributed by atoms with Crippen LogP contribution in [-0.4, -0.2) is 40.2 Å². The molecule has 0 amide bonds. The number of aromatic nitrogens is 2. The summed E-state index contributed by atoms with van der Waals surface area (Å²) < 4.78 is 86.3. The summed E-state index contributed by atoms with van der Waals surface area (Å²) in [7, 11) is 0. The summed E-state index contributed by atoms with van der Waals surface area (Å²) in [5, 5.41) is 0. The Bertz CT molecular complexity index is 1800. The fourth-order valence-electron chi connectivity index (χ4n) is 5.68. The second-order valence-corrected chi connectivity index (χ2v) is 11.0. The highest BCUT2D eigenvalue weighted by Gasteiger charge is 2.35. The number of benzene rings is 3. The highest BCUT2D eigenvalue weighted by atomic mass is 19.4. The Morgan fingerprint density at radius 2 is 1.44 bits per heavy atom. The van der Waals surface area contributed by atoms with Gasteiger partial charge in [-0.1, -0.05) is 48.5 Å². The lowest BCUT2D eigenvalue weighted by Gasteiger charge is -2.37. The molecule has 1 saturated heterocycles. The largest absolute Gasteiger partial charge is 0.416 e. The third-order valence-electron chi connectivity index (χ3n) is 8.12. The van der Waals surface area contributed by atoms with E-state index in [0.717, 1.165) is 33.4 Å². The van der Waals surface area contributed by atoms with Crippen LogP contribution in [0.4, 0.5) is 32.0 Å². The van der Waals surface area contributed by atoms with E-state index in [4.69, 9.17) is 5.73 Å². The summed E-state index contributed by atoms with van der Waals surface area (Å²) in [5.74, 6) is -3.04. The molecule has 0 saturated carbocycles. The van der Waals surface area contributed by atoms with E-state index in [0.29, 0.717) is 18.7 Å². The summed E-state index contributed by atoms with van der Waals surface area (Å²) in [6.45, 7) is 1.65. The minimum absolute atomic E-state index is 0.0653. The number of nitrogens with two attached hydrogens (primary N) is 1. The van der Waals surface area contributed by atoms with E-state index >= 15 is 0 Å². The van der Waals surface area contributed by atoms with Crippen molar-refractivity contribution in [2.75, 3.05) is 31.1 Å². The van der Waals surface area contributed by atoms with Gasteiger partial charge in [0.05, 0.1) is 18.7 Å². The molecule has 0 spiro atoms. The van der Waals surface area contributed by atoms with Gasteiger partial charge in [0.1, 0.15) is 11.5 Å². The summed E-state index contributed by atoms with van der Waals surface area (Å²) in [4.78, 5) is 31.3. The predicted octanol–water partition coefficient (Wildman–Crippen LogP) is 4.83. The lowest BCUT2D eigenvalue weighted by atomic mass is 10.1. The van der Waals surface area contributed by atoms with Crippen molar-refractivity contribution in [1.82, 2.24) is 14.0 Å². The van der Waals surface area contributed by atoms with Crippen LogP contribution in [-0.2, 0) is 25.8 Å². The Hall–Kier alpha value is -4.36. The summed E-state index contributed by atoms with van der Waals surface area (Å²) in [5.41, 5.74) is 3.72. The quantitative estimate of drug-likeness (QED) is 0.282. The fraction of sp³-hybridized carbons (Fsp3) is 0.312. The van der Waals surface area contributed by atoms with Crippen molar-refractivity contribution in [1.29, 1.82) is 0 Å². The van der Waals surface area contributed by atoms with Crippen molar-refractivity contribution in [3.8, 4) is 0 Å². The van der Waals surface area contributed by atoms with E-state index in [2.05, 4.69) is 0 Å². The Balaban J connectivity index is 1.54. The molecule has 4 aromatic rings. The van der Waals surface area contributed by atoms with Crippen LogP contribution in [0, 0.1) is 24.4 Å². The molecule has 0 radical (unpaired) electrons. The number of hydrogen-bond donors (Lipinski definition) is 1. The maximum absolute atomic E-state index is 14.9. The van der Waals surface area contributed by atoms with Crippen LogP contribution in [0.1, 0.15) is 34.0 Å². The van der Waals surface area contributed by atoms with Crippen LogP contribution in [0.2, 0.25) is 0 Å². The van der Waals surface area contributed by atoms with Gasteiger partial charge in [-0.25, -0.2) is 18.0 Å². The third-order valence-corrected chi connectivity index (χ3v) is 8.12. The molecule has 3 aromatic carbocycles. The van der Waals surface area contributed by atoms with Crippen molar-refractivity contribution in [3.05, 3.63) is 133 Å². The van der Waals surface area contributed by atoms with Crippen molar-refractivity contribution in [2.24, 2.45) is 5.73 Å². The van der Waals surface area contributed by atoms with Gasteiger partial charge >= 0.3 is 11.9 Å². The van der Waals surface area contributed by atoms with Gasteiger partial charge in [0.25, 0.3) is 5.56 Å². The standard InChI is InChI=1S/C32H31F6N5O2/c1-20-29(41-15-13-40(14-16-41)17-22-9-5-12-26(34)28(22)35)30(44)43(19-27(39)21-7-3-2-4-8-21)31(45)42(20)18-23-24(32(36,37)38)10-6-11-25(23)33/h2-12,27H,13-19,39H2,1H3/t27-/m1/s1. The molecule has 7 nitrogen and oxygen atoms in total. The van der Waals surface area contributed by atoms with E-state index in [1.807, 2.05) is 4.90 Å². The molecule has 2 N–H and O–H groups in total. The third kappa shape index (κ3) is 6.69. The lowest BCUT2D eigenvalue weighted by Crippen LogP contribution is -2.51. The van der Waals surface area contributed by atoms with Gasteiger partial charge in [-0.2, -0.15) is 13.2 Å². The molecule has 1 aliphatic rings. The molecule has 1 aromatic heterocycles. The zero-order valence-electron chi connectivity index (χ0n) is 24.3. The Kier molecular flexibility index (Phi) is 9.21. The van der Waals surface area contributed by atoms with Crippen LogP contribution in [0.3, 0.4) is 0 Å². The van der Waals surface area contributed by atoms with Gasteiger partial charge in [-0.05, 0) is 30.7 Å². The molecule has 45 heavy (non-hydrogen) atoms. The zero-order valence-corrected chi connectivity index (χ0v) is 24.3. The van der Waals surface area contributed by atoms with Gasteiger partial charge in [0.15, 0.2) is 11.6 Å². The van der Waals surface area contributed by atoms with Crippen LogP contribution in [0.25, 0.3) is 0 Å². The van der Waals surface area contributed by atoms with Gasteiger partial charge in [0.2, 0.25) is 0 Å². The first-order valence-corrected chi connectivity index (χ1v) is 14.3. The number of anilines is 1. The van der Waals surface area contributed by atoms with E-state index in [1.165, 1.54) is 19.1 Å². The average Bonchev–Trinajstić information content (AvgIpc) is 3.01. The minimum Gasteiger partial charge on any atom is -0.363 e. The van der Waals surface area contributed by atoms with Crippen molar-refractivity contribution in [3.63, 3.8) is 0 Å². The van der Waals surface area contributed by atoms with Gasteiger partial charge in [-0.3, -0.25) is 18.8 Å². The highest BCUT2D eigenvalue weighted by Crippen LogP contribution is 2.33. The van der Waals surface area contributed by atoms with Crippen molar-refractivity contribution < 1.29 is 26.3 Å². The second-order valence-electron chi connectivity index (χ2n) is 11.0. The van der Waals surface area contributed by atoms with Crippen molar-refractivity contribution in [2.45, 2.75) is 38.8 Å². The molecular formula is C32H31F6N5O2. The smallest absolute Gasteiger partial charge is 0.363 e. The van der Waals surface area contributed by atoms with Crippen LogP contribution in [0.15, 0.2) is 76.3 Å². The van der Waals surface area contributed by atoms with E-state index in [1.54, 1.807) is 35.2 Å². The number of nitrogens with zero attached hydrogens (tertiary/aromatic N) is 4. The molecule has 1 fully saturated rings. The van der Waals surface area contributed by atoms with Crippen LogP contribution < -0.4 is 21.9 Å². The topological polar surface area (TPSA) is 76.5 Å². The van der Waals surface area contributed by atoms with Crippen molar-refractivity contribution >= 4 is 5.69 Å². The van der Waals surface area contributed by atoms with E-state index < -0.39 is 58.6 Å². The first-order chi connectivity index (χ1) is 21.4.